The summed E-state index contributed by atoms with van der Waals surface area (Å²) >= 11 is 5.96. The van der Waals surface area contributed by atoms with E-state index in [0.29, 0.717) is 17.9 Å². The Balaban J connectivity index is 2.29. The molecule has 0 fully saturated rings. The van der Waals surface area contributed by atoms with Gasteiger partial charge in [0, 0.05) is 10.8 Å². The van der Waals surface area contributed by atoms with Crippen molar-refractivity contribution < 1.29 is 9.53 Å². The maximum absolute atomic E-state index is 12.0. The molecule has 0 bridgehead atoms. The number of nitrogens with zero attached hydrogens (tertiary/aromatic N) is 1. The van der Waals surface area contributed by atoms with Crippen molar-refractivity contribution >= 4 is 39.2 Å². The van der Waals surface area contributed by atoms with Crippen LogP contribution in [-0.4, -0.2) is 17.6 Å². The van der Waals surface area contributed by atoms with Crippen molar-refractivity contribution in [2.24, 2.45) is 0 Å². The fraction of sp³-hybridized carbons (Fsp3) is 0.176. The Labute approximate surface area is 127 Å². The van der Waals surface area contributed by atoms with E-state index in [1.807, 2.05) is 42.5 Å². The summed E-state index contributed by atoms with van der Waals surface area (Å²) in [4.78, 5) is 16.6. The maximum Gasteiger partial charge on any atom is 0.340 e. The highest BCUT2D eigenvalue weighted by molar-refractivity contribution is 6.18. The molecule has 21 heavy (non-hydrogen) atoms. The maximum atomic E-state index is 12.0. The number of pyridine rings is 1. The highest BCUT2D eigenvalue weighted by Crippen LogP contribution is 2.26. The summed E-state index contributed by atoms with van der Waals surface area (Å²) in [5.74, 6) is -0.205. The molecule has 3 nitrogen and oxygen atoms in total. The number of alkyl halides is 1. The second kappa shape index (κ2) is 5.70. The van der Waals surface area contributed by atoms with Crippen LogP contribution in [0, 0.1) is 0 Å². The molecule has 0 aliphatic rings. The van der Waals surface area contributed by atoms with Gasteiger partial charge in [-0.1, -0.05) is 36.4 Å². The van der Waals surface area contributed by atoms with E-state index in [0.717, 1.165) is 21.7 Å². The van der Waals surface area contributed by atoms with Crippen LogP contribution in [0.15, 0.2) is 42.5 Å². The van der Waals surface area contributed by atoms with Crippen LogP contribution in [0.3, 0.4) is 0 Å². The van der Waals surface area contributed by atoms with E-state index < -0.39 is 0 Å². The average molecular weight is 300 g/mol. The third-order valence-corrected chi connectivity index (χ3v) is 3.66. The molecule has 4 heteroatoms. The van der Waals surface area contributed by atoms with Gasteiger partial charge in [-0.25, -0.2) is 4.79 Å². The first-order valence-corrected chi connectivity index (χ1v) is 7.32. The molecule has 3 rings (SSSR count). The Morgan fingerprint density at radius 1 is 1.19 bits per heavy atom. The first-order valence-electron chi connectivity index (χ1n) is 6.79. The molecular formula is C17H14ClNO2. The number of halogens is 1. The van der Waals surface area contributed by atoms with Gasteiger partial charge in [0.15, 0.2) is 0 Å². The van der Waals surface area contributed by atoms with E-state index in [4.69, 9.17) is 16.3 Å². The predicted octanol–water partition coefficient (Wildman–Crippen LogP) is 4.30. The Bertz CT molecular complexity index is 829. The van der Waals surface area contributed by atoms with Gasteiger partial charge in [-0.15, -0.1) is 11.6 Å². The zero-order chi connectivity index (χ0) is 14.8. The van der Waals surface area contributed by atoms with Crippen molar-refractivity contribution in [3.05, 3.63) is 53.7 Å². The fourth-order valence-electron chi connectivity index (χ4n) is 2.43. The molecule has 0 amide bonds. The molecule has 0 aliphatic carbocycles. The zero-order valence-corrected chi connectivity index (χ0v) is 12.4. The molecule has 0 aliphatic heterocycles. The number of esters is 1. The second-order valence-corrected chi connectivity index (χ2v) is 4.96. The van der Waals surface area contributed by atoms with Crippen LogP contribution in [-0.2, 0) is 10.6 Å². The van der Waals surface area contributed by atoms with Gasteiger partial charge < -0.3 is 4.74 Å². The van der Waals surface area contributed by atoms with E-state index in [2.05, 4.69) is 4.98 Å². The Hall–Kier alpha value is -2.13. The van der Waals surface area contributed by atoms with Gasteiger partial charge in [-0.2, -0.15) is 0 Å². The molecule has 0 unspecified atom stereocenters. The van der Waals surface area contributed by atoms with Crippen molar-refractivity contribution in [2.45, 2.75) is 12.8 Å². The average Bonchev–Trinajstić information content (AvgIpc) is 2.53. The smallest absolute Gasteiger partial charge is 0.340 e. The number of carbonyl (C=O) groups is 1. The number of rotatable bonds is 3. The lowest BCUT2D eigenvalue weighted by molar-refractivity contribution is 0.0525. The van der Waals surface area contributed by atoms with E-state index in [-0.39, 0.29) is 11.8 Å². The number of fused-ring (bicyclic) bond motifs is 3. The molecular weight excluding hydrogens is 286 g/mol. The minimum absolute atomic E-state index is 0.174. The summed E-state index contributed by atoms with van der Waals surface area (Å²) in [6.45, 7) is 2.11. The van der Waals surface area contributed by atoms with Crippen molar-refractivity contribution in [2.75, 3.05) is 6.61 Å². The summed E-state index contributed by atoms with van der Waals surface area (Å²) in [6.07, 6.45) is 0. The SMILES string of the molecule is CCOC(=O)c1cc2ccc3ccccc3c2nc1CCl. The quantitative estimate of drug-likeness (QED) is 0.411. The molecule has 0 saturated heterocycles. The molecule has 0 atom stereocenters. The number of aromatic nitrogens is 1. The van der Waals surface area contributed by atoms with Crippen molar-refractivity contribution in [3.8, 4) is 0 Å². The highest BCUT2D eigenvalue weighted by Gasteiger charge is 2.15. The summed E-state index contributed by atoms with van der Waals surface area (Å²) in [5.41, 5.74) is 1.85. The lowest BCUT2D eigenvalue weighted by Crippen LogP contribution is -2.09. The lowest BCUT2D eigenvalue weighted by Gasteiger charge is -2.09. The van der Waals surface area contributed by atoms with E-state index in [9.17, 15) is 4.79 Å². The van der Waals surface area contributed by atoms with Crippen LogP contribution in [0.4, 0.5) is 0 Å². The van der Waals surface area contributed by atoms with E-state index in [1.54, 1.807) is 6.92 Å². The molecule has 2 aromatic carbocycles. The third kappa shape index (κ3) is 2.45. The lowest BCUT2D eigenvalue weighted by atomic mass is 10.0. The Morgan fingerprint density at radius 3 is 2.71 bits per heavy atom. The van der Waals surface area contributed by atoms with Gasteiger partial charge in [-0.3, -0.25) is 4.98 Å². The number of benzene rings is 2. The van der Waals surface area contributed by atoms with E-state index >= 15 is 0 Å². The van der Waals surface area contributed by atoms with Crippen LogP contribution in [0.5, 0.6) is 0 Å². The molecule has 106 valence electrons. The normalized spacial score (nSPS) is 11.0. The van der Waals surface area contributed by atoms with Crippen LogP contribution in [0.2, 0.25) is 0 Å². The molecule has 0 N–H and O–H groups in total. The minimum Gasteiger partial charge on any atom is -0.462 e. The number of hydrogen-bond acceptors (Lipinski definition) is 3. The van der Waals surface area contributed by atoms with Crippen LogP contribution >= 0.6 is 11.6 Å². The zero-order valence-electron chi connectivity index (χ0n) is 11.6. The Kier molecular flexibility index (Phi) is 3.76. The molecule has 3 aromatic rings. The first-order chi connectivity index (χ1) is 10.2. The van der Waals surface area contributed by atoms with Gasteiger partial charge in [0.1, 0.15) is 0 Å². The summed E-state index contributed by atoms with van der Waals surface area (Å²) in [6, 6.07) is 13.8. The number of hydrogen-bond donors (Lipinski definition) is 0. The predicted molar refractivity (Wildman–Crippen MR) is 84.8 cm³/mol. The van der Waals surface area contributed by atoms with Crippen molar-refractivity contribution in [3.63, 3.8) is 0 Å². The Morgan fingerprint density at radius 2 is 1.95 bits per heavy atom. The van der Waals surface area contributed by atoms with Gasteiger partial charge in [-0.05, 0) is 18.4 Å². The molecule has 1 heterocycles. The monoisotopic (exact) mass is 299 g/mol. The highest BCUT2D eigenvalue weighted by atomic mass is 35.5. The number of carbonyl (C=O) groups excluding carboxylic acids is 1. The fourth-order valence-corrected chi connectivity index (χ4v) is 2.64. The molecule has 1 aromatic heterocycles. The topological polar surface area (TPSA) is 39.2 Å². The van der Waals surface area contributed by atoms with E-state index in [1.165, 1.54) is 0 Å². The van der Waals surface area contributed by atoms with Gasteiger partial charge in [0.05, 0.1) is 29.3 Å². The van der Waals surface area contributed by atoms with Crippen LogP contribution < -0.4 is 0 Å². The second-order valence-electron chi connectivity index (χ2n) is 4.70. The van der Waals surface area contributed by atoms with Gasteiger partial charge >= 0.3 is 5.97 Å². The van der Waals surface area contributed by atoms with Gasteiger partial charge in [0.25, 0.3) is 0 Å². The first kappa shape index (κ1) is 13.8. The van der Waals surface area contributed by atoms with Crippen LogP contribution in [0.25, 0.3) is 21.7 Å². The van der Waals surface area contributed by atoms with Crippen molar-refractivity contribution in [1.29, 1.82) is 0 Å². The standard InChI is InChI=1S/C17H14ClNO2/c1-2-21-17(20)14-9-12-8-7-11-5-3-4-6-13(11)16(12)19-15(14)10-18/h3-9H,2,10H2,1H3. The molecule has 0 spiro atoms. The largest absolute Gasteiger partial charge is 0.462 e. The van der Waals surface area contributed by atoms with Crippen LogP contribution in [0.1, 0.15) is 23.0 Å². The van der Waals surface area contributed by atoms with Gasteiger partial charge in [0.2, 0.25) is 0 Å². The molecule has 0 radical (unpaired) electrons. The third-order valence-electron chi connectivity index (χ3n) is 3.41. The number of ether oxygens (including phenoxy) is 1. The minimum atomic E-state index is -0.379. The summed E-state index contributed by atoms with van der Waals surface area (Å²) in [7, 11) is 0. The summed E-state index contributed by atoms with van der Waals surface area (Å²) < 4.78 is 5.07. The molecule has 0 saturated carbocycles. The van der Waals surface area contributed by atoms with Crippen molar-refractivity contribution in [1.82, 2.24) is 4.98 Å². The summed E-state index contributed by atoms with van der Waals surface area (Å²) in [5, 5.41) is 3.07.